The molecule has 0 spiro atoms. The second kappa shape index (κ2) is 6.92. The van der Waals surface area contributed by atoms with Gasteiger partial charge in [-0.25, -0.2) is 9.69 Å². The van der Waals surface area contributed by atoms with E-state index in [0.29, 0.717) is 51.6 Å². The molecule has 0 unspecified atom stereocenters. The Morgan fingerprint density at radius 2 is 1.74 bits per heavy atom. The first-order valence-electron chi connectivity index (χ1n) is 10.2. The Kier molecular flexibility index (Phi) is 4.30. The molecule has 0 bridgehead atoms. The molecule has 0 fully saturated rings. The second-order valence-electron chi connectivity index (χ2n) is 7.92. The number of hydrogen-bond acceptors (Lipinski definition) is 4. The lowest BCUT2D eigenvalue weighted by molar-refractivity contribution is 0.0893. The molecule has 1 aromatic heterocycles. The molecule has 2 heterocycles. The van der Waals surface area contributed by atoms with Gasteiger partial charge in [-0.3, -0.25) is 14.2 Å². The van der Waals surface area contributed by atoms with Crippen molar-refractivity contribution in [2.75, 3.05) is 11.5 Å². The Morgan fingerprint density at radius 3 is 2.48 bits per heavy atom. The summed E-state index contributed by atoms with van der Waals surface area (Å²) in [5, 5.41) is 10.7. The molecule has 31 heavy (non-hydrogen) atoms. The van der Waals surface area contributed by atoms with Crippen LogP contribution in [0, 0.1) is 6.92 Å². The Labute approximate surface area is 177 Å². The molecule has 1 aliphatic heterocycles. The number of carbonyl (C=O) groups is 2. The molecular weight excluding hydrogens is 394 g/mol. The molecule has 7 nitrogen and oxygen atoms in total. The summed E-state index contributed by atoms with van der Waals surface area (Å²) in [6.45, 7) is 1.90. The normalized spacial score (nSPS) is 13.6. The number of hydrogen-bond donors (Lipinski definition) is 2. The Morgan fingerprint density at radius 1 is 1.00 bits per heavy atom. The van der Waals surface area contributed by atoms with Gasteiger partial charge in [0, 0.05) is 30.2 Å². The van der Waals surface area contributed by atoms with Gasteiger partial charge in [0.15, 0.2) is 0 Å². The number of anilines is 1. The molecular formula is C24H21N3O4. The van der Waals surface area contributed by atoms with Gasteiger partial charge in [0.1, 0.15) is 0 Å². The molecule has 2 N–H and O–H groups in total. The average molecular weight is 415 g/mol. The van der Waals surface area contributed by atoms with Crippen LogP contribution in [0.4, 0.5) is 5.69 Å². The van der Waals surface area contributed by atoms with Gasteiger partial charge in [-0.05, 0) is 60.5 Å². The lowest BCUT2D eigenvalue weighted by atomic mass is 9.89. The molecule has 7 heteroatoms. The topological polar surface area (TPSA) is 95.4 Å². The van der Waals surface area contributed by atoms with E-state index in [0.717, 1.165) is 10.9 Å². The zero-order valence-corrected chi connectivity index (χ0v) is 17.2. The number of aryl methyl sites for hydroxylation is 3. The molecule has 0 aliphatic carbocycles. The van der Waals surface area contributed by atoms with Crippen molar-refractivity contribution in [3.63, 3.8) is 0 Å². The van der Waals surface area contributed by atoms with Gasteiger partial charge in [0.2, 0.25) is 0 Å². The predicted octanol–water partition coefficient (Wildman–Crippen LogP) is 3.05. The number of nitrogens with one attached hydrogen (secondary N) is 1. The summed E-state index contributed by atoms with van der Waals surface area (Å²) in [7, 11) is 1.64. The van der Waals surface area contributed by atoms with E-state index in [4.69, 9.17) is 0 Å². The minimum absolute atomic E-state index is 0.0813. The van der Waals surface area contributed by atoms with Crippen LogP contribution in [0.25, 0.3) is 21.8 Å². The Balaban J connectivity index is 1.72. The molecule has 4 aromatic rings. The molecule has 0 radical (unpaired) electrons. The highest BCUT2D eigenvalue weighted by atomic mass is 16.3. The van der Waals surface area contributed by atoms with Crippen LogP contribution in [0.15, 0.2) is 47.3 Å². The van der Waals surface area contributed by atoms with E-state index in [-0.39, 0.29) is 24.1 Å². The minimum atomic E-state index is -0.384. The number of carbonyl (C=O) groups excluding carboxylic acids is 2. The SMILES string of the molecule is Cc1cc2[nH]c(=O)n(C)c2cc1N1C(=O)c2cccc3c(CCCO)ccc(c23)C1=O. The number of aliphatic hydroxyl groups excluding tert-OH is 1. The molecule has 0 saturated heterocycles. The van der Waals surface area contributed by atoms with Crippen LogP contribution >= 0.6 is 0 Å². The fourth-order valence-electron chi connectivity index (χ4n) is 4.48. The number of aliphatic hydroxyl groups is 1. The van der Waals surface area contributed by atoms with E-state index in [2.05, 4.69) is 4.98 Å². The summed E-state index contributed by atoms with van der Waals surface area (Å²) < 4.78 is 1.46. The second-order valence-corrected chi connectivity index (χ2v) is 7.92. The fourth-order valence-corrected chi connectivity index (χ4v) is 4.48. The number of fused-ring (bicyclic) bond motifs is 1. The first kappa shape index (κ1) is 19.3. The van der Waals surface area contributed by atoms with Gasteiger partial charge in [-0.1, -0.05) is 18.2 Å². The van der Waals surface area contributed by atoms with Crippen LogP contribution in [-0.4, -0.2) is 33.1 Å². The maximum Gasteiger partial charge on any atom is 0.326 e. The van der Waals surface area contributed by atoms with Gasteiger partial charge in [-0.15, -0.1) is 0 Å². The maximum absolute atomic E-state index is 13.5. The maximum atomic E-state index is 13.5. The van der Waals surface area contributed by atoms with E-state index in [1.165, 1.54) is 9.47 Å². The van der Waals surface area contributed by atoms with E-state index in [1.807, 2.05) is 25.1 Å². The molecule has 156 valence electrons. The van der Waals surface area contributed by atoms with E-state index in [9.17, 15) is 19.5 Å². The van der Waals surface area contributed by atoms with Crippen molar-refractivity contribution in [3.8, 4) is 0 Å². The number of rotatable bonds is 4. The van der Waals surface area contributed by atoms with E-state index in [1.54, 1.807) is 31.3 Å². The van der Waals surface area contributed by atoms with Gasteiger partial charge < -0.3 is 10.1 Å². The fraction of sp³-hybridized carbons (Fsp3) is 0.208. The summed E-state index contributed by atoms with van der Waals surface area (Å²) in [6.07, 6.45) is 1.28. The van der Waals surface area contributed by atoms with Crippen molar-refractivity contribution in [2.24, 2.45) is 7.05 Å². The lowest BCUT2D eigenvalue weighted by Crippen LogP contribution is -2.41. The average Bonchev–Trinajstić information content (AvgIpc) is 3.03. The molecule has 0 atom stereocenters. The first-order valence-corrected chi connectivity index (χ1v) is 10.2. The third kappa shape index (κ3) is 2.74. The largest absolute Gasteiger partial charge is 0.396 e. The molecule has 3 aromatic carbocycles. The highest BCUT2D eigenvalue weighted by Crippen LogP contribution is 2.36. The Hall–Kier alpha value is -3.71. The van der Waals surface area contributed by atoms with Gasteiger partial charge in [-0.2, -0.15) is 0 Å². The summed E-state index contributed by atoms with van der Waals surface area (Å²) >= 11 is 0. The van der Waals surface area contributed by atoms with Crippen molar-refractivity contribution in [1.82, 2.24) is 9.55 Å². The zero-order chi connectivity index (χ0) is 21.9. The first-order chi connectivity index (χ1) is 14.9. The van der Waals surface area contributed by atoms with Crippen molar-refractivity contribution < 1.29 is 14.7 Å². The summed E-state index contributed by atoms with van der Waals surface area (Å²) in [4.78, 5) is 43.0. The van der Waals surface area contributed by atoms with Gasteiger partial charge >= 0.3 is 5.69 Å². The minimum Gasteiger partial charge on any atom is -0.396 e. The van der Waals surface area contributed by atoms with Crippen LogP contribution in [-0.2, 0) is 13.5 Å². The van der Waals surface area contributed by atoms with Crippen LogP contribution in [0.3, 0.4) is 0 Å². The third-order valence-corrected chi connectivity index (χ3v) is 6.06. The number of aromatic nitrogens is 2. The number of benzene rings is 3. The van der Waals surface area contributed by atoms with Crippen molar-refractivity contribution in [2.45, 2.75) is 19.8 Å². The van der Waals surface area contributed by atoms with Gasteiger partial charge in [0.25, 0.3) is 11.8 Å². The van der Waals surface area contributed by atoms with E-state index < -0.39 is 0 Å². The molecule has 1 aliphatic rings. The number of aromatic amines is 1. The zero-order valence-electron chi connectivity index (χ0n) is 17.2. The number of nitrogens with zero attached hydrogens (tertiary/aromatic N) is 2. The highest BCUT2D eigenvalue weighted by molar-refractivity contribution is 6.36. The molecule has 5 rings (SSSR count). The van der Waals surface area contributed by atoms with Crippen molar-refractivity contribution in [3.05, 3.63) is 75.2 Å². The van der Waals surface area contributed by atoms with Crippen LogP contribution in [0.5, 0.6) is 0 Å². The van der Waals surface area contributed by atoms with Gasteiger partial charge in [0.05, 0.1) is 16.7 Å². The highest BCUT2D eigenvalue weighted by Gasteiger charge is 2.35. The monoisotopic (exact) mass is 415 g/mol. The molecule has 0 saturated carbocycles. The summed E-state index contributed by atoms with van der Waals surface area (Å²) in [5.41, 5.74) is 4.14. The van der Waals surface area contributed by atoms with Crippen LogP contribution < -0.4 is 10.6 Å². The quantitative estimate of drug-likeness (QED) is 0.501. The Bertz CT molecular complexity index is 1440. The van der Waals surface area contributed by atoms with Crippen LogP contribution in [0.1, 0.15) is 38.3 Å². The summed E-state index contributed by atoms with van der Waals surface area (Å²) in [5.74, 6) is -0.768. The number of imidazole rings is 1. The standard InChI is InChI=1S/C24H21N3O4/c1-13-11-18-20(26(2)24(31)25-18)12-19(13)27-22(29)16-7-3-6-15-14(5-4-10-28)8-9-17(21(15)16)23(27)30/h3,6-9,11-12,28H,4-5,10H2,1-2H3,(H,25,31). The van der Waals surface area contributed by atoms with E-state index >= 15 is 0 Å². The van der Waals surface area contributed by atoms with Crippen LogP contribution in [0.2, 0.25) is 0 Å². The molecule has 2 amide bonds. The summed E-state index contributed by atoms with van der Waals surface area (Å²) in [6, 6.07) is 12.6. The third-order valence-electron chi connectivity index (χ3n) is 6.06. The van der Waals surface area contributed by atoms with Crippen molar-refractivity contribution >= 4 is 39.3 Å². The number of H-pyrrole nitrogens is 1. The lowest BCUT2D eigenvalue weighted by Gasteiger charge is -2.29. The van der Waals surface area contributed by atoms with Crippen molar-refractivity contribution in [1.29, 1.82) is 0 Å². The predicted molar refractivity (Wildman–Crippen MR) is 119 cm³/mol. The smallest absolute Gasteiger partial charge is 0.326 e. The number of amides is 2. The number of imide groups is 1.